The van der Waals surface area contributed by atoms with E-state index < -0.39 is 0 Å². The van der Waals surface area contributed by atoms with Crippen molar-refractivity contribution in [2.75, 3.05) is 11.9 Å². The van der Waals surface area contributed by atoms with Crippen LogP contribution in [0.5, 0.6) is 0 Å². The Kier molecular flexibility index (Phi) is 3.69. The highest BCUT2D eigenvalue weighted by atomic mass is 79.9. The van der Waals surface area contributed by atoms with Crippen LogP contribution in [0.15, 0.2) is 34.2 Å². The molecule has 0 spiro atoms. The molecule has 0 radical (unpaired) electrons. The van der Waals surface area contributed by atoms with Crippen LogP contribution in [0.3, 0.4) is 0 Å². The minimum absolute atomic E-state index is 0.810. The van der Waals surface area contributed by atoms with Gasteiger partial charge < -0.3 is 5.32 Å². The number of nitrogens with zero attached hydrogens (tertiary/aromatic N) is 2. The standard InChI is InChI=1S/C10H10BrN3S/c11-9-13-14-10(15-9)12-7-6-8-4-2-1-3-5-8/h1-5H,6-7H2,(H,12,14). The molecule has 0 aliphatic heterocycles. The van der Waals surface area contributed by atoms with Gasteiger partial charge in [0, 0.05) is 6.54 Å². The van der Waals surface area contributed by atoms with Crippen molar-refractivity contribution in [2.45, 2.75) is 6.42 Å². The Morgan fingerprint density at radius 1 is 1.20 bits per heavy atom. The maximum absolute atomic E-state index is 3.96. The molecule has 1 aromatic carbocycles. The molecule has 5 heteroatoms. The Bertz CT molecular complexity index is 416. The molecule has 0 saturated carbocycles. The first-order chi connectivity index (χ1) is 7.34. The van der Waals surface area contributed by atoms with Gasteiger partial charge in [0.1, 0.15) is 0 Å². The Balaban J connectivity index is 1.80. The number of rotatable bonds is 4. The molecule has 0 unspecified atom stereocenters. The Morgan fingerprint density at radius 2 is 2.00 bits per heavy atom. The number of hydrogen-bond acceptors (Lipinski definition) is 4. The zero-order valence-corrected chi connectivity index (χ0v) is 10.4. The van der Waals surface area contributed by atoms with Crippen molar-refractivity contribution in [3.8, 4) is 0 Å². The van der Waals surface area contributed by atoms with E-state index >= 15 is 0 Å². The molecule has 1 N–H and O–H groups in total. The minimum atomic E-state index is 0.810. The molecule has 1 aromatic heterocycles. The van der Waals surface area contributed by atoms with Gasteiger partial charge in [-0.15, -0.1) is 10.2 Å². The molecule has 3 nitrogen and oxygen atoms in total. The molecule has 0 atom stereocenters. The van der Waals surface area contributed by atoms with Crippen LogP contribution in [-0.2, 0) is 6.42 Å². The van der Waals surface area contributed by atoms with E-state index in [-0.39, 0.29) is 0 Å². The molecular formula is C10H10BrN3S. The summed E-state index contributed by atoms with van der Waals surface area (Å²) in [6, 6.07) is 10.4. The summed E-state index contributed by atoms with van der Waals surface area (Å²) in [5.41, 5.74) is 1.33. The first-order valence-electron chi connectivity index (χ1n) is 4.61. The quantitative estimate of drug-likeness (QED) is 0.938. The predicted octanol–water partition coefficient (Wildman–Crippen LogP) is 2.96. The molecule has 2 rings (SSSR count). The summed E-state index contributed by atoms with van der Waals surface area (Å²) in [5.74, 6) is 0. The number of hydrogen-bond donors (Lipinski definition) is 1. The molecule has 0 bridgehead atoms. The van der Waals surface area contributed by atoms with E-state index in [1.165, 1.54) is 16.9 Å². The maximum Gasteiger partial charge on any atom is 0.206 e. The van der Waals surface area contributed by atoms with Gasteiger partial charge in [0.2, 0.25) is 5.13 Å². The average molecular weight is 284 g/mol. The fourth-order valence-corrected chi connectivity index (χ4v) is 2.27. The third-order valence-corrected chi connectivity index (χ3v) is 3.25. The van der Waals surface area contributed by atoms with Crippen molar-refractivity contribution in [3.05, 3.63) is 39.8 Å². The van der Waals surface area contributed by atoms with Crippen LogP contribution in [0, 0.1) is 0 Å². The predicted molar refractivity (Wildman–Crippen MR) is 66.2 cm³/mol. The second kappa shape index (κ2) is 5.23. The average Bonchev–Trinajstić information content (AvgIpc) is 2.66. The minimum Gasteiger partial charge on any atom is -0.360 e. The highest BCUT2D eigenvalue weighted by Crippen LogP contribution is 2.19. The van der Waals surface area contributed by atoms with Crippen LogP contribution in [0.4, 0.5) is 5.13 Å². The molecule has 2 aromatic rings. The van der Waals surface area contributed by atoms with E-state index in [0.717, 1.165) is 22.0 Å². The van der Waals surface area contributed by atoms with Gasteiger partial charge >= 0.3 is 0 Å². The summed E-state index contributed by atoms with van der Waals surface area (Å²) in [4.78, 5) is 0. The van der Waals surface area contributed by atoms with Crippen LogP contribution in [0.25, 0.3) is 0 Å². The fraction of sp³-hybridized carbons (Fsp3) is 0.200. The molecular weight excluding hydrogens is 274 g/mol. The van der Waals surface area contributed by atoms with Crippen LogP contribution in [0.2, 0.25) is 0 Å². The third-order valence-electron chi connectivity index (χ3n) is 1.93. The second-order valence-corrected chi connectivity index (χ2v) is 5.28. The van der Waals surface area contributed by atoms with Gasteiger partial charge in [0.25, 0.3) is 0 Å². The lowest BCUT2D eigenvalue weighted by atomic mass is 10.2. The molecule has 0 aliphatic carbocycles. The van der Waals surface area contributed by atoms with Gasteiger partial charge in [-0.25, -0.2) is 0 Å². The Labute approximate surface area is 101 Å². The van der Waals surface area contributed by atoms with E-state index in [1.54, 1.807) is 0 Å². The Morgan fingerprint density at radius 3 is 2.67 bits per heavy atom. The van der Waals surface area contributed by atoms with Crippen molar-refractivity contribution < 1.29 is 0 Å². The monoisotopic (exact) mass is 283 g/mol. The van der Waals surface area contributed by atoms with E-state index in [1.807, 2.05) is 6.07 Å². The summed E-state index contributed by atoms with van der Waals surface area (Å²) in [6.45, 7) is 0.881. The van der Waals surface area contributed by atoms with Gasteiger partial charge in [0.15, 0.2) is 3.92 Å². The van der Waals surface area contributed by atoms with E-state index in [4.69, 9.17) is 0 Å². The second-order valence-electron chi connectivity index (χ2n) is 3.02. The van der Waals surface area contributed by atoms with Crippen LogP contribution < -0.4 is 5.32 Å². The number of anilines is 1. The number of nitrogens with one attached hydrogen (secondary N) is 1. The number of halogens is 1. The SMILES string of the molecule is Brc1nnc(NCCc2ccccc2)s1. The lowest BCUT2D eigenvalue weighted by Crippen LogP contribution is -2.04. The van der Waals surface area contributed by atoms with Crippen LogP contribution in [0.1, 0.15) is 5.56 Å². The Hall–Kier alpha value is -0.940. The van der Waals surface area contributed by atoms with Crippen molar-refractivity contribution in [1.82, 2.24) is 10.2 Å². The maximum atomic E-state index is 3.96. The summed E-state index contributed by atoms with van der Waals surface area (Å²) in [6.07, 6.45) is 0.998. The van der Waals surface area contributed by atoms with Crippen molar-refractivity contribution in [1.29, 1.82) is 0 Å². The van der Waals surface area contributed by atoms with Crippen molar-refractivity contribution >= 4 is 32.4 Å². The molecule has 0 fully saturated rings. The largest absolute Gasteiger partial charge is 0.360 e. The summed E-state index contributed by atoms with van der Waals surface area (Å²) >= 11 is 4.78. The lowest BCUT2D eigenvalue weighted by molar-refractivity contribution is 0.991. The van der Waals surface area contributed by atoms with Gasteiger partial charge in [-0.05, 0) is 27.9 Å². The van der Waals surface area contributed by atoms with Gasteiger partial charge in [-0.3, -0.25) is 0 Å². The third kappa shape index (κ3) is 3.28. The fourth-order valence-electron chi connectivity index (χ4n) is 1.24. The number of aromatic nitrogens is 2. The first kappa shape index (κ1) is 10.6. The van der Waals surface area contributed by atoms with E-state index in [0.29, 0.717) is 0 Å². The molecule has 78 valence electrons. The lowest BCUT2D eigenvalue weighted by Gasteiger charge is -2.01. The normalized spacial score (nSPS) is 10.2. The highest BCUT2D eigenvalue weighted by Gasteiger charge is 1.99. The summed E-state index contributed by atoms with van der Waals surface area (Å²) in [7, 11) is 0. The molecule has 0 saturated heterocycles. The smallest absolute Gasteiger partial charge is 0.206 e. The topological polar surface area (TPSA) is 37.8 Å². The van der Waals surface area contributed by atoms with Gasteiger partial charge in [-0.2, -0.15) is 0 Å². The number of benzene rings is 1. The van der Waals surface area contributed by atoms with Gasteiger partial charge in [0.05, 0.1) is 0 Å². The molecule has 1 heterocycles. The van der Waals surface area contributed by atoms with Crippen LogP contribution in [-0.4, -0.2) is 16.7 Å². The summed E-state index contributed by atoms with van der Waals surface area (Å²) in [5, 5.41) is 11.9. The highest BCUT2D eigenvalue weighted by molar-refractivity contribution is 9.11. The van der Waals surface area contributed by atoms with Gasteiger partial charge in [-0.1, -0.05) is 41.7 Å². The molecule has 0 amide bonds. The zero-order valence-electron chi connectivity index (χ0n) is 7.98. The van der Waals surface area contributed by atoms with Crippen molar-refractivity contribution in [3.63, 3.8) is 0 Å². The zero-order chi connectivity index (χ0) is 10.5. The molecule has 0 aliphatic rings. The van der Waals surface area contributed by atoms with E-state index in [2.05, 4.69) is 55.7 Å². The molecule has 15 heavy (non-hydrogen) atoms. The van der Waals surface area contributed by atoms with Crippen LogP contribution >= 0.6 is 27.3 Å². The summed E-state index contributed by atoms with van der Waals surface area (Å²) < 4.78 is 0.810. The first-order valence-corrected chi connectivity index (χ1v) is 6.22. The van der Waals surface area contributed by atoms with E-state index in [9.17, 15) is 0 Å². The van der Waals surface area contributed by atoms with Crippen molar-refractivity contribution in [2.24, 2.45) is 0 Å².